The lowest BCUT2D eigenvalue weighted by atomic mass is 9.64. The summed E-state index contributed by atoms with van der Waals surface area (Å²) in [5.74, 6) is -0.0508. The maximum Gasteiger partial charge on any atom is 0.221 e. The molecule has 0 spiro atoms. The van der Waals surface area contributed by atoms with Crippen LogP contribution in [0.2, 0.25) is 0 Å². The lowest BCUT2D eigenvalue weighted by Crippen LogP contribution is -2.58. The van der Waals surface area contributed by atoms with Gasteiger partial charge in [0, 0.05) is 36.4 Å². The van der Waals surface area contributed by atoms with E-state index in [0.29, 0.717) is 12.1 Å². The highest BCUT2D eigenvalue weighted by atomic mass is 16.5. The summed E-state index contributed by atoms with van der Waals surface area (Å²) >= 11 is 0. The maximum atomic E-state index is 11.2. The summed E-state index contributed by atoms with van der Waals surface area (Å²) in [7, 11) is 0. The molecule has 1 saturated carbocycles. The highest BCUT2D eigenvalue weighted by molar-refractivity contribution is 5.89. The second kappa shape index (κ2) is 6.06. The third kappa shape index (κ3) is 3.38. The first kappa shape index (κ1) is 15.8. The molecule has 4 heteroatoms. The molecular weight excluding hydrogens is 264 g/mol. The standard InChI is InChI=1S/C17H26N2O2/c1-6-21-16-10-15(17(16,4)5)19-14-9-13(18-12(3)20)8-7-11(14)2/h7-9,15-16,19H,6,10H2,1-5H3,(H,18,20). The normalized spacial score (nSPS) is 23.3. The van der Waals surface area contributed by atoms with E-state index in [1.165, 1.54) is 12.5 Å². The molecule has 0 radical (unpaired) electrons. The molecule has 0 heterocycles. The Balaban J connectivity index is 2.08. The van der Waals surface area contributed by atoms with E-state index in [4.69, 9.17) is 4.74 Å². The van der Waals surface area contributed by atoms with Gasteiger partial charge in [0.15, 0.2) is 0 Å². The first-order valence-corrected chi connectivity index (χ1v) is 7.61. The van der Waals surface area contributed by atoms with Gasteiger partial charge in [0.25, 0.3) is 0 Å². The SMILES string of the molecule is CCOC1CC(Nc2cc(NC(C)=O)ccc2C)C1(C)C. The van der Waals surface area contributed by atoms with E-state index in [2.05, 4.69) is 31.4 Å². The molecule has 1 amide bonds. The van der Waals surface area contributed by atoms with E-state index in [1.54, 1.807) is 0 Å². The lowest BCUT2D eigenvalue weighted by molar-refractivity contribution is -0.114. The minimum absolute atomic E-state index is 0.0508. The van der Waals surface area contributed by atoms with Gasteiger partial charge in [0.05, 0.1) is 6.10 Å². The first-order chi connectivity index (χ1) is 9.84. The molecule has 0 saturated heterocycles. The summed E-state index contributed by atoms with van der Waals surface area (Å²) in [6.07, 6.45) is 1.34. The molecule has 2 rings (SSSR count). The van der Waals surface area contributed by atoms with Gasteiger partial charge in [-0.25, -0.2) is 0 Å². The number of rotatable bonds is 5. The molecule has 0 aliphatic heterocycles. The monoisotopic (exact) mass is 290 g/mol. The number of amides is 1. The van der Waals surface area contributed by atoms with Gasteiger partial charge < -0.3 is 15.4 Å². The van der Waals surface area contributed by atoms with E-state index >= 15 is 0 Å². The van der Waals surface area contributed by atoms with Gasteiger partial charge in [-0.15, -0.1) is 0 Å². The van der Waals surface area contributed by atoms with Gasteiger partial charge in [-0.2, -0.15) is 0 Å². The topological polar surface area (TPSA) is 50.4 Å². The molecule has 1 fully saturated rings. The third-order valence-corrected chi connectivity index (χ3v) is 4.43. The van der Waals surface area contributed by atoms with Crippen LogP contribution >= 0.6 is 0 Å². The van der Waals surface area contributed by atoms with Gasteiger partial charge >= 0.3 is 0 Å². The van der Waals surface area contributed by atoms with Crippen molar-refractivity contribution in [2.45, 2.75) is 53.2 Å². The predicted molar refractivity (Wildman–Crippen MR) is 86.7 cm³/mol. The summed E-state index contributed by atoms with van der Waals surface area (Å²) in [5, 5.41) is 6.44. The van der Waals surface area contributed by atoms with Crippen LogP contribution in [-0.4, -0.2) is 24.7 Å². The number of ether oxygens (including phenoxy) is 1. The Morgan fingerprint density at radius 3 is 2.71 bits per heavy atom. The molecule has 4 nitrogen and oxygen atoms in total. The van der Waals surface area contributed by atoms with Crippen molar-refractivity contribution in [3.63, 3.8) is 0 Å². The number of carbonyl (C=O) groups is 1. The van der Waals surface area contributed by atoms with Crippen LogP contribution in [-0.2, 0) is 9.53 Å². The summed E-state index contributed by atoms with van der Waals surface area (Å²) in [4.78, 5) is 11.2. The number of hydrogen-bond donors (Lipinski definition) is 2. The zero-order valence-corrected chi connectivity index (χ0v) is 13.6. The van der Waals surface area contributed by atoms with Crippen LogP contribution in [0.4, 0.5) is 11.4 Å². The fourth-order valence-corrected chi connectivity index (χ4v) is 2.86. The summed E-state index contributed by atoms with van der Waals surface area (Å²) in [6.45, 7) is 10.9. The average molecular weight is 290 g/mol. The van der Waals surface area contributed by atoms with Crippen LogP contribution < -0.4 is 10.6 Å². The fourth-order valence-electron chi connectivity index (χ4n) is 2.86. The number of nitrogens with one attached hydrogen (secondary N) is 2. The van der Waals surface area contributed by atoms with E-state index < -0.39 is 0 Å². The zero-order valence-electron chi connectivity index (χ0n) is 13.6. The Morgan fingerprint density at radius 1 is 1.43 bits per heavy atom. The largest absolute Gasteiger partial charge is 0.381 e. The van der Waals surface area contributed by atoms with E-state index in [9.17, 15) is 4.79 Å². The van der Waals surface area contributed by atoms with Gasteiger partial charge in [-0.05, 0) is 38.0 Å². The maximum absolute atomic E-state index is 11.2. The summed E-state index contributed by atoms with van der Waals surface area (Å²) < 4.78 is 5.77. The Morgan fingerprint density at radius 2 is 2.14 bits per heavy atom. The van der Waals surface area contributed by atoms with Crippen molar-refractivity contribution in [2.75, 3.05) is 17.2 Å². The number of anilines is 2. The van der Waals surface area contributed by atoms with Crippen LogP contribution in [0.3, 0.4) is 0 Å². The number of carbonyl (C=O) groups excluding carboxylic acids is 1. The quantitative estimate of drug-likeness (QED) is 0.871. The number of hydrogen-bond acceptors (Lipinski definition) is 3. The fraction of sp³-hybridized carbons (Fsp3) is 0.588. The highest BCUT2D eigenvalue weighted by Crippen LogP contribution is 2.44. The molecule has 2 atom stereocenters. The van der Waals surface area contributed by atoms with Crippen LogP contribution in [0.15, 0.2) is 18.2 Å². The lowest BCUT2D eigenvalue weighted by Gasteiger charge is -2.52. The minimum Gasteiger partial charge on any atom is -0.381 e. The Bertz CT molecular complexity index is 526. The summed E-state index contributed by atoms with van der Waals surface area (Å²) in [6, 6.07) is 6.34. The van der Waals surface area contributed by atoms with Crippen molar-refractivity contribution in [1.82, 2.24) is 0 Å². The van der Waals surface area contributed by atoms with Crippen molar-refractivity contribution < 1.29 is 9.53 Å². The Hall–Kier alpha value is -1.55. The molecule has 1 aromatic rings. The molecule has 116 valence electrons. The summed E-state index contributed by atoms with van der Waals surface area (Å²) in [5.41, 5.74) is 3.20. The Labute approximate surface area is 127 Å². The molecule has 1 aliphatic rings. The van der Waals surface area contributed by atoms with Crippen molar-refractivity contribution in [3.05, 3.63) is 23.8 Å². The molecule has 1 aromatic carbocycles. The van der Waals surface area contributed by atoms with Gasteiger partial charge in [0.1, 0.15) is 0 Å². The molecule has 21 heavy (non-hydrogen) atoms. The molecule has 0 bridgehead atoms. The minimum atomic E-state index is -0.0508. The van der Waals surface area contributed by atoms with Crippen LogP contribution in [0.1, 0.15) is 39.7 Å². The van der Waals surface area contributed by atoms with Crippen LogP contribution in [0.5, 0.6) is 0 Å². The Kier molecular flexibility index (Phi) is 4.57. The second-order valence-corrected chi connectivity index (χ2v) is 6.41. The number of benzene rings is 1. The first-order valence-electron chi connectivity index (χ1n) is 7.61. The molecular formula is C17H26N2O2. The van der Waals surface area contributed by atoms with Crippen molar-refractivity contribution in [2.24, 2.45) is 5.41 Å². The highest BCUT2D eigenvalue weighted by Gasteiger charge is 2.48. The third-order valence-electron chi connectivity index (χ3n) is 4.43. The molecule has 2 unspecified atom stereocenters. The van der Waals surface area contributed by atoms with Crippen molar-refractivity contribution >= 4 is 17.3 Å². The molecule has 1 aliphatic carbocycles. The van der Waals surface area contributed by atoms with Gasteiger partial charge in [-0.1, -0.05) is 19.9 Å². The second-order valence-electron chi connectivity index (χ2n) is 6.41. The predicted octanol–water partition coefficient (Wildman–Crippen LogP) is 3.57. The van der Waals surface area contributed by atoms with E-state index in [-0.39, 0.29) is 11.3 Å². The van der Waals surface area contributed by atoms with Crippen molar-refractivity contribution in [3.8, 4) is 0 Å². The van der Waals surface area contributed by atoms with Crippen molar-refractivity contribution in [1.29, 1.82) is 0 Å². The van der Waals surface area contributed by atoms with Gasteiger partial charge in [-0.3, -0.25) is 4.79 Å². The molecule has 0 aromatic heterocycles. The van der Waals surface area contributed by atoms with Crippen LogP contribution in [0.25, 0.3) is 0 Å². The smallest absolute Gasteiger partial charge is 0.221 e. The molecule has 2 N–H and O–H groups in total. The number of aryl methyl sites for hydroxylation is 1. The van der Waals surface area contributed by atoms with E-state index in [1.807, 2.05) is 25.1 Å². The average Bonchev–Trinajstić information content (AvgIpc) is 2.40. The van der Waals surface area contributed by atoms with Gasteiger partial charge in [0.2, 0.25) is 5.91 Å². The van der Waals surface area contributed by atoms with E-state index in [0.717, 1.165) is 24.4 Å². The zero-order chi connectivity index (χ0) is 15.6. The van der Waals surface area contributed by atoms with Crippen LogP contribution in [0, 0.1) is 12.3 Å².